The van der Waals surface area contributed by atoms with E-state index in [0.29, 0.717) is 17.8 Å². The molecular weight excluding hydrogens is 336 g/mol. The number of phenols is 1. The van der Waals surface area contributed by atoms with Gasteiger partial charge in [0.25, 0.3) is 0 Å². The molecule has 2 aromatic carbocycles. The van der Waals surface area contributed by atoms with E-state index in [2.05, 4.69) is 15.3 Å². The van der Waals surface area contributed by atoms with E-state index in [-0.39, 0.29) is 5.75 Å². The monoisotopic (exact) mass is 350 g/mol. The molecule has 124 valence electrons. The molecule has 0 radical (unpaired) electrons. The summed E-state index contributed by atoms with van der Waals surface area (Å²) >= 11 is 1.59. The van der Waals surface area contributed by atoms with E-state index in [1.807, 2.05) is 47.8 Å². The fraction of sp³-hybridized carbons (Fsp3) is 0.0556. The quantitative estimate of drug-likeness (QED) is 0.555. The fourth-order valence-corrected chi connectivity index (χ4v) is 3.36. The number of benzene rings is 2. The van der Waals surface area contributed by atoms with Gasteiger partial charge in [-0.05, 0) is 28.3 Å². The summed E-state index contributed by atoms with van der Waals surface area (Å²) in [4.78, 5) is 13.1. The zero-order valence-corrected chi connectivity index (χ0v) is 13.9. The van der Waals surface area contributed by atoms with Gasteiger partial charge in [-0.2, -0.15) is 14.9 Å². The Labute approximate surface area is 146 Å². The van der Waals surface area contributed by atoms with Crippen LogP contribution in [0.25, 0.3) is 10.8 Å². The highest BCUT2D eigenvalue weighted by molar-refractivity contribution is 7.09. The Hall–Kier alpha value is -3.19. The second-order valence-electron chi connectivity index (χ2n) is 5.48. The highest BCUT2D eigenvalue weighted by Gasteiger charge is 2.10. The van der Waals surface area contributed by atoms with E-state index in [4.69, 9.17) is 0 Å². The van der Waals surface area contributed by atoms with Gasteiger partial charge in [0, 0.05) is 16.9 Å². The second-order valence-corrected chi connectivity index (χ2v) is 6.51. The van der Waals surface area contributed by atoms with Crippen molar-refractivity contribution in [3.63, 3.8) is 0 Å². The third-order valence-corrected chi connectivity index (χ3v) is 4.76. The Balaban J connectivity index is 1.75. The van der Waals surface area contributed by atoms with Gasteiger partial charge in [-0.25, -0.2) is 9.89 Å². The number of fused-ring (bicyclic) bond motifs is 1. The maximum absolute atomic E-state index is 12.0. The van der Waals surface area contributed by atoms with Gasteiger partial charge in [-0.3, -0.25) is 0 Å². The molecule has 0 unspecified atom stereocenters. The number of aromatic hydroxyl groups is 1. The van der Waals surface area contributed by atoms with Gasteiger partial charge in [0.15, 0.2) is 5.82 Å². The van der Waals surface area contributed by atoms with Crippen LogP contribution in [0.4, 0.5) is 0 Å². The van der Waals surface area contributed by atoms with Crippen LogP contribution in [0.1, 0.15) is 16.3 Å². The molecule has 0 aliphatic heterocycles. The molecule has 25 heavy (non-hydrogen) atoms. The molecule has 6 nitrogen and oxygen atoms in total. The number of aromatic nitrogens is 3. The average molecular weight is 350 g/mol. The van der Waals surface area contributed by atoms with E-state index in [1.54, 1.807) is 17.4 Å². The van der Waals surface area contributed by atoms with Crippen LogP contribution in [0.5, 0.6) is 5.75 Å². The minimum atomic E-state index is -0.414. The predicted octanol–water partition coefficient (Wildman–Crippen LogP) is 2.96. The zero-order valence-electron chi connectivity index (χ0n) is 13.1. The van der Waals surface area contributed by atoms with Crippen molar-refractivity contribution in [2.45, 2.75) is 6.42 Å². The Kier molecular flexibility index (Phi) is 3.91. The maximum atomic E-state index is 12.0. The molecule has 0 atom stereocenters. The summed E-state index contributed by atoms with van der Waals surface area (Å²) in [5.74, 6) is 0.627. The number of H-pyrrole nitrogens is 1. The number of hydrogen-bond donors (Lipinski definition) is 2. The smallest absolute Gasteiger partial charge is 0.364 e. The Morgan fingerprint density at radius 1 is 1.20 bits per heavy atom. The minimum Gasteiger partial charge on any atom is -0.507 e. The lowest BCUT2D eigenvalue weighted by Crippen LogP contribution is -2.15. The average Bonchev–Trinajstić information content (AvgIpc) is 3.25. The lowest BCUT2D eigenvalue weighted by atomic mass is 10.0. The van der Waals surface area contributed by atoms with Gasteiger partial charge in [-0.15, -0.1) is 11.3 Å². The van der Waals surface area contributed by atoms with Gasteiger partial charge in [-0.1, -0.05) is 36.4 Å². The third-order valence-electron chi connectivity index (χ3n) is 3.88. The van der Waals surface area contributed by atoms with Crippen molar-refractivity contribution in [1.29, 1.82) is 0 Å². The van der Waals surface area contributed by atoms with Gasteiger partial charge in [0.2, 0.25) is 0 Å². The summed E-state index contributed by atoms with van der Waals surface area (Å²) in [5.41, 5.74) is 0.149. The molecule has 4 aromatic rings. The van der Waals surface area contributed by atoms with Crippen molar-refractivity contribution in [1.82, 2.24) is 14.9 Å². The Morgan fingerprint density at radius 2 is 2.08 bits per heavy atom. The molecule has 0 saturated carbocycles. The number of rotatable bonds is 4. The molecule has 2 heterocycles. The number of phenolic OH excluding ortho intramolecular Hbond substituents is 1. The van der Waals surface area contributed by atoms with Gasteiger partial charge >= 0.3 is 5.69 Å². The van der Waals surface area contributed by atoms with E-state index in [9.17, 15) is 9.90 Å². The van der Waals surface area contributed by atoms with Crippen LogP contribution in [0.2, 0.25) is 0 Å². The van der Waals surface area contributed by atoms with Crippen LogP contribution < -0.4 is 5.69 Å². The molecule has 7 heteroatoms. The molecule has 0 fully saturated rings. The van der Waals surface area contributed by atoms with E-state index in [1.165, 1.54) is 10.9 Å². The summed E-state index contributed by atoms with van der Waals surface area (Å²) in [6, 6.07) is 15.1. The summed E-state index contributed by atoms with van der Waals surface area (Å²) in [5, 5.41) is 24.7. The number of nitrogens with one attached hydrogen (secondary N) is 1. The first-order chi connectivity index (χ1) is 12.2. The van der Waals surface area contributed by atoms with Crippen LogP contribution in [0.15, 0.2) is 63.8 Å². The number of nitrogens with zero attached hydrogens (tertiary/aromatic N) is 3. The number of thiophene rings is 1. The second kappa shape index (κ2) is 6.37. The SMILES string of the molecule is O=c1[nH]nc(Cc2cccs2)n1N=Cc1c(O)ccc2ccccc12. The lowest BCUT2D eigenvalue weighted by molar-refractivity contribution is 0.475. The normalized spacial score (nSPS) is 11.5. The first-order valence-electron chi connectivity index (χ1n) is 7.66. The van der Waals surface area contributed by atoms with Crippen molar-refractivity contribution in [3.05, 3.63) is 80.7 Å². The van der Waals surface area contributed by atoms with Crippen LogP contribution in [-0.4, -0.2) is 26.2 Å². The third kappa shape index (κ3) is 2.97. The first-order valence-corrected chi connectivity index (χ1v) is 8.54. The summed E-state index contributed by atoms with van der Waals surface area (Å²) < 4.78 is 1.22. The molecule has 0 spiro atoms. The molecule has 0 saturated heterocycles. The van der Waals surface area contributed by atoms with Crippen molar-refractivity contribution < 1.29 is 5.11 Å². The molecule has 0 amide bonds. The number of hydrogen-bond acceptors (Lipinski definition) is 5. The molecule has 0 bridgehead atoms. The largest absolute Gasteiger partial charge is 0.507 e. The van der Waals surface area contributed by atoms with Crippen LogP contribution in [0, 0.1) is 0 Å². The summed E-state index contributed by atoms with van der Waals surface area (Å²) in [7, 11) is 0. The van der Waals surface area contributed by atoms with E-state index in [0.717, 1.165) is 15.6 Å². The van der Waals surface area contributed by atoms with Crippen LogP contribution in [-0.2, 0) is 6.42 Å². The molecule has 4 rings (SSSR count). The van der Waals surface area contributed by atoms with Crippen molar-refractivity contribution >= 4 is 28.3 Å². The highest BCUT2D eigenvalue weighted by Crippen LogP contribution is 2.25. The summed E-state index contributed by atoms with van der Waals surface area (Å²) in [6.07, 6.45) is 2.00. The van der Waals surface area contributed by atoms with E-state index < -0.39 is 5.69 Å². The van der Waals surface area contributed by atoms with Gasteiger partial charge in [0.05, 0.1) is 6.21 Å². The molecule has 0 aliphatic rings. The minimum absolute atomic E-state index is 0.110. The maximum Gasteiger partial charge on any atom is 0.364 e. The van der Waals surface area contributed by atoms with E-state index >= 15 is 0 Å². The highest BCUT2D eigenvalue weighted by atomic mass is 32.1. The lowest BCUT2D eigenvalue weighted by Gasteiger charge is -2.04. The zero-order chi connectivity index (χ0) is 17.2. The predicted molar refractivity (Wildman–Crippen MR) is 98.6 cm³/mol. The number of aromatic amines is 1. The standard InChI is InChI=1S/C18H14N4O2S/c23-16-8-7-12-4-1-2-6-14(12)15(16)11-19-22-17(20-21-18(22)24)10-13-5-3-9-25-13/h1-9,11,23H,10H2,(H,21,24). The molecule has 2 N–H and O–H groups in total. The van der Waals surface area contributed by atoms with Crippen LogP contribution >= 0.6 is 11.3 Å². The van der Waals surface area contributed by atoms with Crippen LogP contribution in [0.3, 0.4) is 0 Å². The molecular formula is C18H14N4O2S. The first kappa shape index (κ1) is 15.3. The van der Waals surface area contributed by atoms with Crippen molar-refractivity contribution in [2.24, 2.45) is 5.10 Å². The topological polar surface area (TPSA) is 83.3 Å². The fourth-order valence-electron chi connectivity index (χ4n) is 2.66. The molecule has 0 aliphatic carbocycles. The van der Waals surface area contributed by atoms with Gasteiger partial charge in [0.1, 0.15) is 5.75 Å². The molecule has 2 aromatic heterocycles. The summed E-state index contributed by atoms with van der Waals surface area (Å²) in [6.45, 7) is 0. The van der Waals surface area contributed by atoms with Crippen molar-refractivity contribution in [3.8, 4) is 5.75 Å². The Bertz CT molecular complexity index is 1110. The van der Waals surface area contributed by atoms with Crippen molar-refractivity contribution in [2.75, 3.05) is 0 Å². The Morgan fingerprint density at radius 3 is 2.92 bits per heavy atom. The van der Waals surface area contributed by atoms with Gasteiger partial charge < -0.3 is 5.11 Å².